The molecule has 2 aliphatic heterocycles. The number of phenolic OH excluding ortho intramolecular Hbond substituents is 1. The molecule has 7 nitrogen and oxygen atoms in total. The highest BCUT2D eigenvalue weighted by atomic mass is 16.5. The molecule has 7 heteroatoms. The highest BCUT2D eigenvalue weighted by Gasteiger charge is 2.73. The van der Waals surface area contributed by atoms with Gasteiger partial charge in [0, 0.05) is 23.5 Å². The van der Waals surface area contributed by atoms with E-state index in [0.717, 1.165) is 48.4 Å². The number of fused-ring (bicyclic) bond motifs is 1. The summed E-state index contributed by atoms with van der Waals surface area (Å²) < 4.78 is 12.4. The molecule has 2 saturated carbocycles. The zero-order valence-electron chi connectivity index (χ0n) is 20.1. The molecule has 186 valence electrons. The number of likely N-dealkylation sites (tertiary alicyclic amines) is 1. The van der Waals surface area contributed by atoms with Crippen LogP contribution in [0.15, 0.2) is 46.9 Å². The number of phenols is 1. The van der Waals surface area contributed by atoms with E-state index in [1.807, 2.05) is 30.3 Å². The molecule has 3 aliphatic carbocycles. The Labute approximate surface area is 209 Å². The summed E-state index contributed by atoms with van der Waals surface area (Å²) >= 11 is 0. The Morgan fingerprint density at radius 2 is 2.00 bits per heavy atom. The van der Waals surface area contributed by atoms with Gasteiger partial charge in [-0.3, -0.25) is 9.69 Å². The van der Waals surface area contributed by atoms with E-state index in [1.54, 1.807) is 12.1 Å². The van der Waals surface area contributed by atoms with Gasteiger partial charge in [-0.2, -0.15) is 0 Å². The van der Waals surface area contributed by atoms with Crippen LogP contribution >= 0.6 is 0 Å². The Hall–Kier alpha value is -3.03. The number of aliphatic hydroxyl groups is 1. The molecule has 1 amide bonds. The smallest absolute Gasteiger partial charge is 0.287 e. The Balaban J connectivity index is 1.18. The van der Waals surface area contributed by atoms with Gasteiger partial charge in [-0.15, -0.1) is 0 Å². The Kier molecular flexibility index (Phi) is 4.13. The molecule has 3 fully saturated rings. The third-order valence-corrected chi connectivity index (χ3v) is 9.73. The topological polar surface area (TPSA) is 95.2 Å². The Morgan fingerprint density at radius 3 is 2.83 bits per heavy atom. The van der Waals surface area contributed by atoms with E-state index in [9.17, 15) is 15.0 Å². The number of benzene rings is 2. The van der Waals surface area contributed by atoms with Crippen molar-refractivity contribution in [3.63, 3.8) is 0 Å². The van der Waals surface area contributed by atoms with Crippen LogP contribution in [-0.2, 0) is 11.8 Å². The number of hydrogen-bond donors (Lipinski definition) is 3. The first-order chi connectivity index (χ1) is 17.5. The van der Waals surface area contributed by atoms with E-state index in [0.29, 0.717) is 24.2 Å². The van der Waals surface area contributed by atoms with Gasteiger partial charge >= 0.3 is 0 Å². The summed E-state index contributed by atoms with van der Waals surface area (Å²) in [5.74, 6) is 1.35. The Bertz CT molecular complexity index is 1380. The summed E-state index contributed by atoms with van der Waals surface area (Å²) in [7, 11) is 0. The molecule has 36 heavy (non-hydrogen) atoms. The number of nitrogens with one attached hydrogen (secondary N) is 1. The van der Waals surface area contributed by atoms with Crippen molar-refractivity contribution in [3.8, 4) is 11.5 Å². The van der Waals surface area contributed by atoms with Crippen LogP contribution in [0, 0.1) is 5.92 Å². The number of furan rings is 1. The minimum atomic E-state index is -0.961. The fourth-order valence-corrected chi connectivity index (χ4v) is 7.96. The quantitative estimate of drug-likeness (QED) is 0.523. The summed E-state index contributed by atoms with van der Waals surface area (Å²) in [5, 5.41) is 27.4. The molecule has 0 radical (unpaired) electrons. The molecular weight excluding hydrogens is 456 g/mol. The van der Waals surface area contributed by atoms with Crippen molar-refractivity contribution in [3.05, 3.63) is 59.4 Å². The van der Waals surface area contributed by atoms with Gasteiger partial charge in [-0.25, -0.2) is 0 Å². The van der Waals surface area contributed by atoms with Crippen molar-refractivity contribution in [1.82, 2.24) is 10.2 Å². The minimum absolute atomic E-state index is 0.0213. The maximum atomic E-state index is 13.3. The molecule has 5 aliphatic rings. The first-order valence-electron chi connectivity index (χ1n) is 13.3. The summed E-state index contributed by atoms with van der Waals surface area (Å²) in [6.07, 6.45) is 4.81. The van der Waals surface area contributed by atoms with Gasteiger partial charge in [-0.05, 0) is 74.8 Å². The van der Waals surface area contributed by atoms with E-state index in [-0.39, 0.29) is 29.5 Å². The second kappa shape index (κ2) is 7.05. The molecule has 0 unspecified atom stereocenters. The first-order valence-corrected chi connectivity index (χ1v) is 13.3. The van der Waals surface area contributed by atoms with Crippen LogP contribution in [0.5, 0.6) is 11.5 Å². The molecule has 2 bridgehead atoms. The van der Waals surface area contributed by atoms with Crippen molar-refractivity contribution in [2.24, 2.45) is 5.92 Å². The number of amides is 1. The molecule has 3 heterocycles. The van der Waals surface area contributed by atoms with Crippen LogP contribution in [0.2, 0.25) is 0 Å². The maximum absolute atomic E-state index is 13.3. The van der Waals surface area contributed by atoms with Crippen LogP contribution in [0.3, 0.4) is 0 Å². The second-order valence-electron chi connectivity index (χ2n) is 11.6. The van der Waals surface area contributed by atoms with E-state index in [4.69, 9.17) is 9.15 Å². The zero-order valence-corrected chi connectivity index (χ0v) is 20.1. The lowest BCUT2D eigenvalue weighted by molar-refractivity contribution is -0.191. The fraction of sp³-hybridized carbons (Fsp3) is 0.483. The summed E-state index contributed by atoms with van der Waals surface area (Å²) in [6.45, 7) is 1.93. The Morgan fingerprint density at radius 1 is 1.14 bits per heavy atom. The first kappa shape index (κ1) is 21.1. The molecule has 3 aromatic rings. The average molecular weight is 487 g/mol. The molecular formula is C29H30N2O5. The number of piperidine rings is 1. The van der Waals surface area contributed by atoms with Crippen molar-refractivity contribution in [1.29, 1.82) is 0 Å². The average Bonchev–Trinajstić information content (AvgIpc) is 3.45. The minimum Gasteiger partial charge on any atom is -0.504 e. The van der Waals surface area contributed by atoms with Gasteiger partial charge in [0.25, 0.3) is 5.91 Å². The zero-order chi connectivity index (χ0) is 24.2. The predicted octanol–water partition coefficient (Wildman–Crippen LogP) is 3.50. The summed E-state index contributed by atoms with van der Waals surface area (Å²) in [5.41, 5.74) is 1.20. The number of hydrogen-bond acceptors (Lipinski definition) is 6. The predicted molar refractivity (Wildman–Crippen MR) is 132 cm³/mol. The van der Waals surface area contributed by atoms with E-state index in [2.05, 4.69) is 10.2 Å². The summed E-state index contributed by atoms with van der Waals surface area (Å²) in [6, 6.07) is 12.8. The van der Waals surface area contributed by atoms with Gasteiger partial charge < -0.3 is 24.7 Å². The highest BCUT2D eigenvalue weighted by molar-refractivity contribution is 5.96. The summed E-state index contributed by atoms with van der Waals surface area (Å²) in [4.78, 5) is 15.8. The third-order valence-electron chi connectivity index (χ3n) is 9.73. The number of para-hydroxylation sites is 1. The van der Waals surface area contributed by atoms with Crippen LogP contribution in [0.4, 0.5) is 0 Å². The van der Waals surface area contributed by atoms with Crippen LogP contribution in [0.25, 0.3) is 11.0 Å². The number of ether oxygens (including phenoxy) is 1. The lowest BCUT2D eigenvalue weighted by Gasteiger charge is -2.64. The molecule has 5 atom stereocenters. The van der Waals surface area contributed by atoms with Gasteiger partial charge in [0.1, 0.15) is 11.7 Å². The molecule has 1 saturated heterocycles. The molecule has 3 N–H and O–H groups in total. The van der Waals surface area contributed by atoms with Crippen molar-refractivity contribution in [2.75, 3.05) is 13.1 Å². The van der Waals surface area contributed by atoms with Crippen LogP contribution in [-0.4, -0.2) is 57.9 Å². The van der Waals surface area contributed by atoms with Gasteiger partial charge in [0.05, 0.1) is 17.1 Å². The molecule has 1 spiro atoms. The maximum Gasteiger partial charge on any atom is 0.287 e. The molecule has 8 rings (SSSR count). The monoisotopic (exact) mass is 486 g/mol. The van der Waals surface area contributed by atoms with Crippen LogP contribution in [0.1, 0.15) is 53.8 Å². The van der Waals surface area contributed by atoms with E-state index >= 15 is 0 Å². The fourth-order valence-electron chi connectivity index (χ4n) is 7.96. The number of carbonyl (C=O) groups excluding carboxylic acids is 1. The van der Waals surface area contributed by atoms with E-state index < -0.39 is 17.1 Å². The van der Waals surface area contributed by atoms with Crippen LogP contribution < -0.4 is 10.1 Å². The largest absolute Gasteiger partial charge is 0.504 e. The normalized spacial score (nSPS) is 34.3. The number of nitrogens with zero attached hydrogens (tertiary/aromatic N) is 1. The van der Waals surface area contributed by atoms with Crippen molar-refractivity contribution >= 4 is 16.9 Å². The number of aromatic hydroxyl groups is 1. The van der Waals surface area contributed by atoms with Gasteiger partial charge in [0.2, 0.25) is 0 Å². The van der Waals surface area contributed by atoms with Gasteiger partial charge in [-0.1, -0.05) is 24.3 Å². The third kappa shape index (κ3) is 2.62. The SMILES string of the molecule is O=C(N[C@@H]1CC[C@@]2(O)[C@H]3Cc4ccc(O)c5c4[C@@]2(CCN3CC2CC2)[C@H]1O5)c1cc2ccccc2o1. The molecule has 2 aromatic carbocycles. The van der Waals surface area contributed by atoms with Crippen molar-refractivity contribution in [2.45, 2.75) is 67.7 Å². The lowest BCUT2D eigenvalue weighted by Crippen LogP contribution is -2.78. The molecule has 1 aromatic heterocycles. The highest BCUT2D eigenvalue weighted by Crippen LogP contribution is 2.65. The standard InChI is InChI=1S/C29H30N2O5/c32-20-8-7-18-14-23-29(34)10-9-19(30-27(33)22-13-17-3-1-2-4-21(17)35-22)26-28(29,24(18)25(20)36-26)11-12-31(23)15-16-5-6-16/h1-4,7-8,13,16,19,23,26,32,34H,5-6,9-12,14-15H2,(H,30,33)/t19-,23-,26+,28+,29-/m1/s1. The number of carbonyl (C=O) groups is 1. The lowest BCUT2D eigenvalue weighted by atomic mass is 9.48. The van der Waals surface area contributed by atoms with Crippen molar-refractivity contribution < 1.29 is 24.2 Å². The van der Waals surface area contributed by atoms with E-state index in [1.165, 1.54) is 12.8 Å². The second-order valence-corrected chi connectivity index (χ2v) is 11.6. The number of rotatable bonds is 4. The van der Waals surface area contributed by atoms with Gasteiger partial charge in [0.15, 0.2) is 17.3 Å².